The molecule has 0 atom stereocenters. The van der Waals surface area contributed by atoms with Gasteiger partial charge in [0.1, 0.15) is 11.9 Å². The number of imidazole rings is 1. The molecule has 0 unspecified atom stereocenters. The average molecular weight is 419 g/mol. The number of halogens is 1. The number of hydrogen-bond donors (Lipinski definition) is 3. The van der Waals surface area contributed by atoms with Crippen LogP contribution >= 0.6 is 0 Å². The molecule has 1 aliphatic rings. The lowest BCUT2D eigenvalue weighted by molar-refractivity contribution is 0.307. The van der Waals surface area contributed by atoms with Gasteiger partial charge in [-0.25, -0.2) is 14.4 Å². The standard InChI is InChI=1S/C22H22FN7O/c23-19-5-4-14-2-1-3-16(14)17(19)11-27-22-28-12-18(20(6-7-24)26-8-9-31)21-29-15(10-25)13-30(21)22/h4-7,12-13,31H,1-3,8-9,11,24H2,(H,27,28). The van der Waals surface area contributed by atoms with Crippen LogP contribution in [0.2, 0.25) is 0 Å². The van der Waals surface area contributed by atoms with E-state index < -0.39 is 0 Å². The molecule has 0 aliphatic heterocycles. The zero-order chi connectivity index (χ0) is 21.8. The smallest absolute Gasteiger partial charge is 0.208 e. The van der Waals surface area contributed by atoms with Gasteiger partial charge in [0.15, 0.2) is 11.3 Å². The molecule has 0 bridgehead atoms. The summed E-state index contributed by atoms with van der Waals surface area (Å²) in [5.74, 6) is 0.192. The molecule has 9 heteroatoms. The molecule has 0 saturated carbocycles. The molecule has 2 aromatic heterocycles. The summed E-state index contributed by atoms with van der Waals surface area (Å²) in [5.41, 5.74) is 10.2. The highest BCUT2D eigenvalue weighted by atomic mass is 19.1. The third-order valence-electron chi connectivity index (χ3n) is 5.28. The second-order valence-electron chi connectivity index (χ2n) is 7.15. The number of nitrogens with two attached hydrogens (primary N) is 1. The van der Waals surface area contributed by atoms with Gasteiger partial charge in [-0.3, -0.25) is 9.39 Å². The van der Waals surface area contributed by atoms with Crippen LogP contribution in [0.4, 0.5) is 10.3 Å². The van der Waals surface area contributed by atoms with Crippen molar-refractivity contribution in [1.82, 2.24) is 14.4 Å². The van der Waals surface area contributed by atoms with Gasteiger partial charge >= 0.3 is 0 Å². The van der Waals surface area contributed by atoms with E-state index in [1.807, 2.05) is 12.1 Å². The summed E-state index contributed by atoms with van der Waals surface area (Å²) >= 11 is 0. The third-order valence-corrected chi connectivity index (χ3v) is 5.28. The van der Waals surface area contributed by atoms with Crippen molar-refractivity contribution in [3.8, 4) is 6.07 Å². The van der Waals surface area contributed by atoms with Crippen LogP contribution in [-0.4, -0.2) is 38.3 Å². The second-order valence-corrected chi connectivity index (χ2v) is 7.15. The van der Waals surface area contributed by atoms with Crippen molar-refractivity contribution in [2.24, 2.45) is 10.7 Å². The van der Waals surface area contributed by atoms with Gasteiger partial charge in [0.25, 0.3) is 0 Å². The van der Waals surface area contributed by atoms with E-state index in [4.69, 9.17) is 10.8 Å². The van der Waals surface area contributed by atoms with E-state index in [9.17, 15) is 9.65 Å². The number of rotatable bonds is 7. The van der Waals surface area contributed by atoms with Crippen LogP contribution in [-0.2, 0) is 19.4 Å². The Hall–Kier alpha value is -3.77. The lowest BCUT2D eigenvalue weighted by Gasteiger charge is -2.13. The largest absolute Gasteiger partial charge is 0.405 e. The number of hydrogen-bond acceptors (Lipinski definition) is 7. The SMILES string of the molecule is N#Cc1cn2c(NCc3c(F)ccc4c3CCC4)ncc(C(C=CN)=NCCO)c2n1. The Bertz CT molecular complexity index is 1220. The number of nitrogens with zero attached hydrogens (tertiary/aromatic N) is 5. The first-order valence-corrected chi connectivity index (χ1v) is 10.0. The second kappa shape index (κ2) is 8.93. The minimum Gasteiger partial charge on any atom is -0.405 e. The number of fused-ring (bicyclic) bond motifs is 2. The van der Waals surface area contributed by atoms with Gasteiger partial charge < -0.3 is 16.2 Å². The number of benzene rings is 1. The number of nitrogens with one attached hydrogen (secondary N) is 1. The Labute approximate surface area is 178 Å². The van der Waals surface area contributed by atoms with Crippen molar-refractivity contribution in [3.05, 3.63) is 70.6 Å². The van der Waals surface area contributed by atoms with Crippen molar-refractivity contribution >= 4 is 17.3 Å². The highest BCUT2D eigenvalue weighted by Crippen LogP contribution is 2.28. The van der Waals surface area contributed by atoms with E-state index >= 15 is 0 Å². The van der Waals surface area contributed by atoms with Crippen LogP contribution in [0.1, 0.15) is 34.4 Å². The summed E-state index contributed by atoms with van der Waals surface area (Å²) in [5, 5.41) is 21.6. The van der Waals surface area contributed by atoms with Crippen LogP contribution in [0.25, 0.3) is 5.65 Å². The third kappa shape index (κ3) is 3.98. The molecule has 8 nitrogen and oxygen atoms in total. The predicted molar refractivity (Wildman–Crippen MR) is 115 cm³/mol. The van der Waals surface area contributed by atoms with Crippen LogP contribution in [0, 0.1) is 17.1 Å². The Morgan fingerprint density at radius 1 is 1.42 bits per heavy atom. The highest BCUT2D eigenvalue weighted by Gasteiger charge is 2.19. The Balaban J connectivity index is 1.73. The van der Waals surface area contributed by atoms with Crippen LogP contribution in [0.5, 0.6) is 0 Å². The van der Waals surface area contributed by atoms with Gasteiger partial charge in [0, 0.05) is 18.3 Å². The fraction of sp³-hybridized carbons (Fsp3) is 0.273. The van der Waals surface area contributed by atoms with Crippen molar-refractivity contribution in [2.45, 2.75) is 25.8 Å². The molecule has 31 heavy (non-hydrogen) atoms. The number of aliphatic hydroxyl groups excluding tert-OH is 1. The first kappa shape index (κ1) is 20.5. The van der Waals surface area contributed by atoms with E-state index in [2.05, 4.69) is 20.3 Å². The summed E-state index contributed by atoms with van der Waals surface area (Å²) in [6, 6.07) is 5.41. The number of aryl methyl sites for hydroxylation is 1. The molecule has 2 heterocycles. The van der Waals surface area contributed by atoms with E-state index in [1.54, 1.807) is 22.9 Å². The summed E-state index contributed by atoms with van der Waals surface area (Å²) in [4.78, 5) is 13.1. The normalized spacial score (nSPS) is 13.6. The molecule has 0 radical (unpaired) electrons. The number of nitriles is 1. The van der Waals surface area contributed by atoms with Crippen LogP contribution < -0.4 is 11.1 Å². The average Bonchev–Trinajstić information content (AvgIpc) is 3.43. The highest BCUT2D eigenvalue weighted by molar-refractivity contribution is 6.12. The zero-order valence-electron chi connectivity index (χ0n) is 16.8. The van der Waals surface area contributed by atoms with Gasteiger partial charge in [-0.15, -0.1) is 0 Å². The van der Waals surface area contributed by atoms with E-state index in [1.165, 1.54) is 17.8 Å². The van der Waals surface area contributed by atoms with E-state index in [0.717, 1.165) is 24.8 Å². The molecule has 4 N–H and O–H groups in total. The molecule has 1 aromatic carbocycles. The minimum absolute atomic E-state index is 0.115. The van der Waals surface area contributed by atoms with Gasteiger partial charge in [-0.1, -0.05) is 6.07 Å². The maximum absolute atomic E-state index is 14.5. The molecular weight excluding hydrogens is 397 g/mol. The first-order valence-electron chi connectivity index (χ1n) is 10.0. The summed E-state index contributed by atoms with van der Waals surface area (Å²) in [6.45, 7) is 0.344. The fourth-order valence-corrected chi connectivity index (χ4v) is 3.90. The van der Waals surface area contributed by atoms with Gasteiger partial charge in [0.2, 0.25) is 5.95 Å². The van der Waals surface area contributed by atoms with Crippen molar-refractivity contribution in [2.75, 3.05) is 18.5 Å². The maximum atomic E-state index is 14.5. The number of anilines is 1. The molecule has 0 saturated heterocycles. The summed E-state index contributed by atoms with van der Waals surface area (Å²) < 4.78 is 16.2. The Morgan fingerprint density at radius 3 is 3.06 bits per heavy atom. The van der Waals surface area contributed by atoms with E-state index in [0.29, 0.717) is 28.4 Å². The van der Waals surface area contributed by atoms with E-state index in [-0.39, 0.29) is 31.2 Å². The number of aliphatic hydroxyl groups is 1. The maximum Gasteiger partial charge on any atom is 0.208 e. The molecule has 3 aromatic rings. The zero-order valence-corrected chi connectivity index (χ0v) is 16.8. The van der Waals surface area contributed by atoms with Crippen molar-refractivity contribution in [3.63, 3.8) is 0 Å². The molecule has 1 aliphatic carbocycles. The number of allylic oxidation sites excluding steroid dienone is 1. The lowest BCUT2D eigenvalue weighted by atomic mass is 10.0. The van der Waals surface area contributed by atoms with Crippen LogP contribution in [0.3, 0.4) is 0 Å². The number of aromatic nitrogens is 3. The molecule has 0 amide bonds. The molecule has 4 rings (SSSR count). The monoisotopic (exact) mass is 419 g/mol. The molecular formula is C22H22FN7O. The lowest BCUT2D eigenvalue weighted by Crippen LogP contribution is -2.12. The topological polar surface area (TPSA) is 125 Å². The summed E-state index contributed by atoms with van der Waals surface area (Å²) in [7, 11) is 0. The summed E-state index contributed by atoms with van der Waals surface area (Å²) in [6.07, 6.45) is 8.93. The quantitative estimate of drug-likeness (QED) is 0.504. The number of aliphatic imine (C=N–C) groups is 1. The van der Waals surface area contributed by atoms with Gasteiger partial charge in [-0.05, 0) is 48.7 Å². The molecule has 158 valence electrons. The molecule has 0 spiro atoms. The fourth-order valence-electron chi connectivity index (χ4n) is 3.90. The van der Waals surface area contributed by atoms with Crippen molar-refractivity contribution < 1.29 is 9.50 Å². The minimum atomic E-state index is -0.240. The Morgan fingerprint density at radius 2 is 2.29 bits per heavy atom. The molecule has 0 fully saturated rings. The van der Waals surface area contributed by atoms with Gasteiger partial charge in [0.05, 0.1) is 30.6 Å². The van der Waals surface area contributed by atoms with Gasteiger partial charge in [-0.2, -0.15) is 5.26 Å². The van der Waals surface area contributed by atoms with Crippen molar-refractivity contribution in [1.29, 1.82) is 5.26 Å². The predicted octanol–water partition coefficient (Wildman–Crippen LogP) is 2.09. The first-order chi connectivity index (χ1) is 15.2. The Kier molecular flexibility index (Phi) is 5.91. The van der Waals surface area contributed by atoms with Crippen LogP contribution in [0.15, 0.2) is 41.8 Å².